The fourth-order valence-corrected chi connectivity index (χ4v) is 2.13. The fraction of sp³-hybridized carbons (Fsp3) is 0.524. The molecule has 0 spiro atoms. The molecule has 1 heterocycles. The Bertz CT molecular complexity index is 827. The van der Waals surface area contributed by atoms with Crippen molar-refractivity contribution in [2.24, 2.45) is 0 Å². The van der Waals surface area contributed by atoms with Gasteiger partial charge in [0.15, 0.2) is 5.82 Å². The highest BCUT2D eigenvalue weighted by Gasteiger charge is 2.35. The molecule has 1 aromatic rings. The number of rotatable bonds is 5. The lowest BCUT2D eigenvalue weighted by molar-refractivity contribution is -0.137. The number of imide groups is 1. The molecule has 0 aliphatic carbocycles. The quantitative estimate of drug-likeness (QED) is 0.375. The fourth-order valence-electron chi connectivity index (χ4n) is 2.13. The SMILES string of the molecule is CCOC(=O)/C=C/c1nc(OC)c(N(C(=O)OC(C)(C)C)C(=O)OC(C)(C)C)cc1F. The van der Waals surface area contributed by atoms with E-state index in [-0.39, 0.29) is 23.9 Å². The zero-order valence-electron chi connectivity index (χ0n) is 19.1. The molecule has 0 aliphatic heterocycles. The standard InChI is InChI=1S/C21H29FN2O7/c1-9-29-16(25)11-10-14-13(22)12-15(17(23-14)28-8)24(18(26)30-20(2,3)4)19(27)31-21(5,6)7/h10-12H,9H2,1-8H3/b11-10+. The van der Waals surface area contributed by atoms with Gasteiger partial charge in [-0.25, -0.2) is 23.8 Å². The van der Waals surface area contributed by atoms with E-state index in [0.29, 0.717) is 4.90 Å². The maximum absolute atomic E-state index is 14.7. The van der Waals surface area contributed by atoms with Gasteiger partial charge in [-0.1, -0.05) is 0 Å². The zero-order valence-corrected chi connectivity index (χ0v) is 19.1. The van der Waals surface area contributed by atoms with E-state index >= 15 is 0 Å². The molecule has 0 saturated carbocycles. The molecule has 10 heteroatoms. The third kappa shape index (κ3) is 8.23. The highest BCUT2D eigenvalue weighted by Crippen LogP contribution is 2.31. The molecular weight excluding hydrogens is 411 g/mol. The lowest BCUT2D eigenvalue weighted by atomic mass is 10.2. The number of pyridine rings is 1. The van der Waals surface area contributed by atoms with Crippen LogP contribution in [0.15, 0.2) is 12.1 Å². The first kappa shape index (κ1) is 25.9. The van der Waals surface area contributed by atoms with Gasteiger partial charge in [-0.15, -0.1) is 0 Å². The van der Waals surface area contributed by atoms with Gasteiger partial charge >= 0.3 is 18.2 Å². The van der Waals surface area contributed by atoms with Gasteiger partial charge in [-0.3, -0.25) is 0 Å². The zero-order chi connectivity index (χ0) is 24.0. The van der Waals surface area contributed by atoms with Crippen molar-refractivity contribution >= 4 is 29.9 Å². The molecule has 0 aromatic carbocycles. The maximum atomic E-state index is 14.7. The summed E-state index contributed by atoms with van der Waals surface area (Å²) < 4.78 is 35.1. The molecule has 0 saturated heterocycles. The van der Waals surface area contributed by atoms with Gasteiger partial charge in [0.05, 0.1) is 13.7 Å². The Balaban J connectivity index is 3.49. The van der Waals surface area contributed by atoms with Crippen LogP contribution in [-0.4, -0.2) is 48.1 Å². The van der Waals surface area contributed by atoms with Crippen LogP contribution in [0.2, 0.25) is 0 Å². The van der Waals surface area contributed by atoms with Gasteiger partial charge in [0.25, 0.3) is 0 Å². The Morgan fingerprint density at radius 3 is 2.00 bits per heavy atom. The van der Waals surface area contributed by atoms with E-state index in [1.54, 1.807) is 48.5 Å². The molecular formula is C21H29FN2O7. The Morgan fingerprint density at radius 1 is 1.06 bits per heavy atom. The van der Waals surface area contributed by atoms with Crippen LogP contribution in [0.25, 0.3) is 6.08 Å². The minimum Gasteiger partial charge on any atom is -0.479 e. The predicted molar refractivity (Wildman–Crippen MR) is 111 cm³/mol. The second-order valence-corrected chi connectivity index (χ2v) is 8.27. The monoisotopic (exact) mass is 440 g/mol. The molecule has 1 aromatic heterocycles. The summed E-state index contributed by atoms with van der Waals surface area (Å²) in [6.45, 7) is 11.4. The number of amides is 2. The van der Waals surface area contributed by atoms with E-state index in [4.69, 9.17) is 18.9 Å². The largest absolute Gasteiger partial charge is 0.479 e. The Kier molecular flexibility index (Phi) is 8.54. The van der Waals surface area contributed by atoms with E-state index in [9.17, 15) is 18.8 Å². The van der Waals surface area contributed by atoms with Crippen molar-refractivity contribution in [2.45, 2.75) is 59.7 Å². The van der Waals surface area contributed by atoms with Crippen LogP contribution in [0, 0.1) is 5.82 Å². The highest BCUT2D eigenvalue weighted by molar-refractivity contribution is 6.10. The van der Waals surface area contributed by atoms with Gasteiger partial charge in [-0.05, 0) is 54.5 Å². The Morgan fingerprint density at radius 2 is 1.58 bits per heavy atom. The summed E-state index contributed by atoms with van der Waals surface area (Å²) in [6.07, 6.45) is -0.120. The normalized spacial score (nSPS) is 11.8. The number of nitrogens with zero attached hydrogens (tertiary/aromatic N) is 2. The number of hydrogen-bond donors (Lipinski definition) is 0. The molecule has 31 heavy (non-hydrogen) atoms. The molecule has 0 N–H and O–H groups in total. The van der Waals surface area contributed by atoms with E-state index in [1.807, 2.05) is 0 Å². The third-order valence-electron chi connectivity index (χ3n) is 3.20. The Hall–Kier alpha value is -3.17. The van der Waals surface area contributed by atoms with Crippen molar-refractivity contribution < 1.29 is 37.7 Å². The van der Waals surface area contributed by atoms with Crippen LogP contribution in [-0.2, 0) is 19.0 Å². The first-order valence-electron chi connectivity index (χ1n) is 9.54. The molecule has 0 unspecified atom stereocenters. The first-order chi connectivity index (χ1) is 14.2. The average Bonchev–Trinajstić information content (AvgIpc) is 2.58. The van der Waals surface area contributed by atoms with E-state index in [1.165, 1.54) is 7.11 Å². The smallest absolute Gasteiger partial charge is 0.424 e. The molecule has 0 fully saturated rings. The number of carbonyl (C=O) groups is 3. The van der Waals surface area contributed by atoms with E-state index in [0.717, 1.165) is 18.2 Å². The highest BCUT2D eigenvalue weighted by atomic mass is 19.1. The lowest BCUT2D eigenvalue weighted by Gasteiger charge is -2.29. The molecule has 0 bridgehead atoms. The van der Waals surface area contributed by atoms with Gasteiger partial charge in [0.2, 0.25) is 5.88 Å². The topological polar surface area (TPSA) is 104 Å². The van der Waals surface area contributed by atoms with Crippen LogP contribution in [0.3, 0.4) is 0 Å². The molecule has 1 rings (SSSR count). The van der Waals surface area contributed by atoms with Crippen molar-refractivity contribution in [3.63, 3.8) is 0 Å². The van der Waals surface area contributed by atoms with Crippen molar-refractivity contribution in [1.82, 2.24) is 4.98 Å². The molecule has 0 aliphatic rings. The van der Waals surface area contributed by atoms with Gasteiger partial charge in [0.1, 0.15) is 22.6 Å². The van der Waals surface area contributed by atoms with Crippen molar-refractivity contribution in [3.05, 3.63) is 23.7 Å². The number of methoxy groups -OCH3 is 1. The van der Waals surface area contributed by atoms with Crippen molar-refractivity contribution in [3.8, 4) is 5.88 Å². The van der Waals surface area contributed by atoms with Crippen LogP contribution in [0.1, 0.15) is 54.2 Å². The number of aromatic nitrogens is 1. The van der Waals surface area contributed by atoms with Gasteiger partial charge in [0, 0.05) is 12.1 Å². The number of ether oxygens (including phenoxy) is 4. The average molecular weight is 440 g/mol. The van der Waals surface area contributed by atoms with E-state index in [2.05, 4.69) is 4.98 Å². The summed E-state index contributed by atoms with van der Waals surface area (Å²) in [5.74, 6) is -1.87. The first-order valence-corrected chi connectivity index (χ1v) is 9.54. The molecule has 172 valence electrons. The molecule has 2 amide bonds. The number of carbonyl (C=O) groups excluding carboxylic acids is 3. The summed E-state index contributed by atoms with van der Waals surface area (Å²) >= 11 is 0. The van der Waals surface area contributed by atoms with Crippen LogP contribution in [0.4, 0.5) is 19.7 Å². The second-order valence-electron chi connectivity index (χ2n) is 8.27. The maximum Gasteiger partial charge on any atom is 0.424 e. The van der Waals surface area contributed by atoms with Crippen LogP contribution in [0.5, 0.6) is 5.88 Å². The van der Waals surface area contributed by atoms with Crippen molar-refractivity contribution in [2.75, 3.05) is 18.6 Å². The van der Waals surface area contributed by atoms with Gasteiger partial charge < -0.3 is 18.9 Å². The summed E-state index contributed by atoms with van der Waals surface area (Å²) in [7, 11) is 1.23. The summed E-state index contributed by atoms with van der Waals surface area (Å²) in [6, 6.07) is 0.866. The molecule has 9 nitrogen and oxygen atoms in total. The lowest BCUT2D eigenvalue weighted by Crippen LogP contribution is -2.44. The Labute approximate surface area is 181 Å². The van der Waals surface area contributed by atoms with Crippen molar-refractivity contribution in [1.29, 1.82) is 0 Å². The van der Waals surface area contributed by atoms with E-state index < -0.39 is 35.2 Å². The number of halogens is 1. The summed E-state index contributed by atoms with van der Waals surface area (Å²) in [5.41, 5.74) is -2.48. The number of hydrogen-bond acceptors (Lipinski definition) is 8. The van der Waals surface area contributed by atoms with Crippen LogP contribution < -0.4 is 9.64 Å². The number of anilines is 1. The molecule has 0 atom stereocenters. The molecule has 0 radical (unpaired) electrons. The summed E-state index contributed by atoms with van der Waals surface area (Å²) in [4.78, 5) is 41.5. The van der Waals surface area contributed by atoms with Crippen LogP contribution >= 0.6 is 0 Å². The summed E-state index contributed by atoms with van der Waals surface area (Å²) in [5, 5.41) is 0. The second kappa shape index (κ2) is 10.2. The minimum absolute atomic E-state index is 0.155. The third-order valence-corrected chi connectivity index (χ3v) is 3.20. The predicted octanol–water partition coefficient (Wildman–Crippen LogP) is 4.48. The van der Waals surface area contributed by atoms with Gasteiger partial charge in [-0.2, -0.15) is 4.90 Å². The number of esters is 1. The minimum atomic E-state index is -1.10.